The van der Waals surface area contributed by atoms with Crippen molar-refractivity contribution < 1.29 is 0 Å². The molecule has 2 aromatic rings. The lowest BCUT2D eigenvalue weighted by Gasteiger charge is -2.20. The van der Waals surface area contributed by atoms with E-state index in [9.17, 15) is 0 Å². The summed E-state index contributed by atoms with van der Waals surface area (Å²) in [5.41, 5.74) is 1.20. The third-order valence-corrected chi connectivity index (χ3v) is 4.33. The number of nitrogens with one attached hydrogen (secondary N) is 1. The third-order valence-electron chi connectivity index (χ3n) is 2.66. The van der Waals surface area contributed by atoms with Gasteiger partial charge in [-0.25, -0.2) is 0 Å². The van der Waals surface area contributed by atoms with E-state index < -0.39 is 0 Å². The van der Waals surface area contributed by atoms with Gasteiger partial charge in [0.1, 0.15) is 0 Å². The van der Waals surface area contributed by atoms with Crippen molar-refractivity contribution in [3.63, 3.8) is 0 Å². The SMILES string of the molecule is CN[C@H](I)C(C)n1ccc2ccncc21. The number of halogens is 1. The molecule has 2 aromatic heterocycles. The van der Waals surface area contributed by atoms with Gasteiger partial charge in [-0.05, 0) is 26.1 Å². The molecule has 0 saturated carbocycles. The van der Waals surface area contributed by atoms with Gasteiger partial charge in [-0.3, -0.25) is 4.98 Å². The summed E-state index contributed by atoms with van der Waals surface area (Å²) < 4.78 is 2.68. The van der Waals surface area contributed by atoms with Crippen molar-refractivity contribution >= 4 is 33.5 Å². The molecule has 4 heteroatoms. The van der Waals surface area contributed by atoms with E-state index in [0.29, 0.717) is 10.1 Å². The highest BCUT2D eigenvalue weighted by Gasteiger charge is 2.14. The standard InChI is InChI=1S/C11H14IN3/c1-8(11(12)13-2)15-6-4-9-3-5-14-7-10(9)15/h3-8,11,13H,1-2H3/t8?,11-/m0/s1. The minimum absolute atomic E-state index is 0.414. The van der Waals surface area contributed by atoms with Crippen molar-refractivity contribution in [1.82, 2.24) is 14.9 Å². The predicted octanol–water partition coefficient (Wildman–Crippen LogP) is 2.58. The molecule has 1 N–H and O–H groups in total. The molecule has 0 amide bonds. The molecule has 0 aliphatic rings. The number of hydrogen-bond donors (Lipinski definition) is 1. The van der Waals surface area contributed by atoms with Crippen LogP contribution in [-0.4, -0.2) is 20.6 Å². The molecule has 15 heavy (non-hydrogen) atoms. The molecule has 80 valence electrons. The maximum absolute atomic E-state index is 4.17. The molecule has 0 bridgehead atoms. The Morgan fingerprint density at radius 2 is 2.27 bits per heavy atom. The third kappa shape index (κ3) is 2.01. The maximum Gasteiger partial charge on any atom is 0.0798 e. The summed E-state index contributed by atoms with van der Waals surface area (Å²) in [4.78, 5) is 4.17. The number of aromatic nitrogens is 2. The molecular weight excluding hydrogens is 301 g/mol. The normalized spacial score (nSPS) is 15.4. The van der Waals surface area contributed by atoms with Gasteiger partial charge in [-0.1, -0.05) is 22.6 Å². The number of alkyl halides is 1. The van der Waals surface area contributed by atoms with Crippen LogP contribution in [0, 0.1) is 0 Å². The van der Waals surface area contributed by atoms with Crippen LogP contribution in [0.15, 0.2) is 30.7 Å². The van der Waals surface area contributed by atoms with Gasteiger partial charge in [0, 0.05) is 17.8 Å². The van der Waals surface area contributed by atoms with Crippen LogP contribution in [0.4, 0.5) is 0 Å². The van der Waals surface area contributed by atoms with Crippen molar-refractivity contribution in [2.24, 2.45) is 0 Å². The fourth-order valence-corrected chi connectivity index (χ4v) is 2.08. The summed E-state index contributed by atoms with van der Waals surface area (Å²) in [6, 6.07) is 4.59. The lowest BCUT2D eigenvalue weighted by Crippen LogP contribution is -2.27. The number of rotatable bonds is 3. The van der Waals surface area contributed by atoms with Crippen LogP contribution >= 0.6 is 22.6 Å². The first-order valence-corrected chi connectivity index (χ1v) is 6.20. The Labute approximate surface area is 103 Å². The second-order valence-electron chi connectivity index (χ2n) is 3.59. The maximum atomic E-state index is 4.17. The first-order valence-electron chi connectivity index (χ1n) is 4.96. The molecule has 0 spiro atoms. The second-order valence-corrected chi connectivity index (χ2v) is 4.93. The summed E-state index contributed by atoms with van der Waals surface area (Å²) in [6.45, 7) is 2.21. The molecule has 2 atom stereocenters. The van der Waals surface area contributed by atoms with Crippen LogP contribution in [0.5, 0.6) is 0 Å². The molecule has 0 saturated heterocycles. The van der Waals surface area contributed by atoms with Crippen LogP contribution in [0.2, 0.25) is 0 Å². The van der Waals surface area contributed by atoms with E-state index >= 15 is 0 Å². The lowest BCUT2D eigenvalue weighted by molar-refractivity contribution is 0.515. The van der Waals surface area contributed by atoms with Crippen LogP contribution in [0.3, 0.4) is 0 Å². The van der Waals surface area contributed by atoms with Gasteiger partial charge in [-0.15, -0.1) is 0 Å². The number of nitrogens with zero attached hydrogens (tertiary/aromatic N) is 2. The van der Waals surface area contributed by atoms with Gasteiger partial charge >= 0.3 is 0 Å². The van der Waals surface area contributed by atoms with E-state index in [1.54, 1.807) is 0 Å². The number of likely N-dealkylation sites (N-methyl/N-ethyl adjacent to an activating group) is 1. The van der Waals surface area contributed by atoms with Gasteiger partial charge in [0.15, 0.2) is 0 Å². The van der Waals surface area contributed by atoms with Gasteiger partial charge in [-0.2, -0.15) is 0 Å². The Morgan fingerprint density at radius 3 is 3.00 bits per heavy atom. The zero-order valence-electron chi connectivity index (χ0n) is 8.81. The van der Waals surface area contributed by atoms with Gasteiger partial charge < -0.3 is 9.88 Å². The second kappa shape index (κ2) is 4.49. The highest BCUT2D eigenvalue weighted by atomic mass is 127. The van der Waals surface area contributed by atoms with Crippen LogP contribution in [0.1, 0.15) is 13.0 Å². The minimum Gasteiger partial charge on any atom is -0.341 e. The Balaban J connectivity index is 2.43. The van der Waals surface area contributed by atoms with Crippen molar-refractivity contribution in [1.29, 1.82) is 0 Å². The van der Waals surface area contributed by atoms with Crippen molar-refractivity contribution in [2.45, 2.75) is 17.0 Å². The topological polar surface area (TPSA) is 29.9 Å². The quantitative estimate of drug-likeness (QED) is 0.536. The van der Waals surface area contributed by atoms with E-state index in [4.69, 9.17) is 0 Å². The average molecular weight is 315 g/mol. The fourth-order valence-electron chi connectivity index (χ4n) is 1.73. The molecule has 0 aromatic carbocycles. The average Bonchev–Trinajstić information content (AvgIpc) is 2.70. The number of pyridine rings is 1. The zero-order chi connectivity index (χ0) is 10.8. The molecule has 1 unspecified atom stereocenters. The fraction of sp³-hybridized carbons (Fsp3) is 0.364. The summed E-state index contributed by atoms with van der Waals surface area (Å²) in [7, 11) is 1.98. The first kappa shape index (κ1) is 10.9. The van der Waals surface area contributed by atoms with Gasteiger partial charge in [0.2, 0.25) is 0 Å². The monoisotopic (exact) mass is 315 g/mol. The van der Waals surface area contributed by atoms with Crippen molar-refractivity contribution in [3.05, 3.63) is 30.7 Å². The Hall–Kier alpha value is -0.620. The summed E-state index contributed by atoms with van der Waals surface area (Å²) in [6.07, 6.45) is 5.88. The Morgan fingerprint density at radius 1 is 1.47 bits per heavy atom. The van der Waals surface area contributed by atoms with Gasteiger partial charge in [0.05, 0.1) is 21.8 Å². The van der Waals surface area contributed by atoms with E-state index in [-0.39, 0.29) is 0 Å². The van der Waals surface area contributed by atoms with E-state index in [1.165, 1.54) is 10.9 Å². The Kier molecular flexibility index (Phi) is 3.25. The molecule has 0 aliphatic carbocycles. The van der Waals surface area contributed by atoms with Gasteiger partial charge in [0.25, 0.3) is 0 Å². The van der Waals surface area contributed by atoms with Crippen LogP contribution in [-0.2, 0) is 0 Å². The zero-order valence-corrected chi connectivity index (χ0v) is 11.0. The molecule has 2 heterocycles. The van der Waals surface area contributed by atoms with Crippen LogP contribution in [0.25, 0.3) is 10.9 Å². The molecule has 0 fully saturated rings. The number of hydrogen-bond acceptors (Lipinski definition) is 2. The minimum atomic E-state index is 0.414. The van der Waals surface area contributed by atoms with Crippen molar-refractivity contribution in [2.75, 3.05) is 7.05 Å². The van der Waals surface area contributed by atoms with Crippen molar-refractivity contribution in [3.8, 4) is 0 Å². The summed E-state index contributed by atoms with van der Waals surface area (Å²) >= 11 is 2.41. The largest absolute Gasteiger partial charge is 0.341 e. The lowest BCUT2D eigenvalue weighted by atomic mass is 10.3. The molecule has 0 radical (unpaired) electrons. The highest BCUT2D eigenvalue weighted by Crippen LogP contribution is 2.23. The predicted molar refractivity (Wildman–Crippen MR) is 71.3 cm³/mol. The smallest absolute Gasteiger partial charge is 0.0798 e. The summed E-state index contributed by atoms with van der Waals surface area (Å²) in [5.74, 6) is 0. The number of fused-ring (bicyclic) bond motifs is 1. The molecule has 0 aliphatic heterocycles. The molecular formula is C11H14IN3. The van der Waals surface area contributed by atoms with E-state index in [0.717, 1.165) is 0 Å². The highest BCUT2D eigenvalue weighted by molar-refractivity contribution is 14.1. The van der Waals surface area contributed by atoms with E-state index in [2.05, 4.69) is 56.6 Å². The summed E-state index contributed by atoms with van der Waals surface area (Å²) in [5, 5.41) is 4.51. The first-order chi connectivity index (χ1) is 7.24. The Bertz CT molecular complexity index is 452. The van der Waals surface area contributed by atoms with Crippen LogP contribution < -0.4 is 5.32 Å². The molecule has 2 rings (SSSR count). The van der Waals surface area contributed by atoms with E-state index in [1.807, 2.05) is 25.5 Å². The molecule has 3 nitrogen and oxygen atoms in total.